The molecule has 1 rings (SSSR count). The van der Waals surface area contributed by atoms with Gasteiger partial charge in [0.05, 0.1) is 24.7 Å². The number of hydrogen-bond donors (Lipinski definition) is 2. The van der Waals surface area contributed by atoms with Crippen molar-refractivity contribution in [3.8, 4) is 0 Å². The van der Waals surface area contributed by atoms with Crippen molar-refractivity contribution in [2.45, 2.75) is 31.4 Å². The SMILES string of the molecule is CNC1(CC(=O)O)COC(C)C1. The van der Waals surface area contributed by atoms with Gasteiger partial charge in [-0.1, -0.05) is 0 Å². The van der Waals surface area contributed by atoms with Crippen molar-refractivity contribution in [1.29, 1.82) is 0 Å². The number of hydrogen-bond acceptors (Lipinski definition) is 3. The Morgan fingerprint density at radius 2 is 2.50 bits per heavy atom. The van der Waals surface area contributed by atoms with Gasteiger partial charge < -0.3 is 15.2 Å². The monoisotopic (exact) mass is 173 g/mol. The number of rotatable bonds is 3. The quantitative estimate of drug-likeness (QED) is 0.641. The summed E-state index contributed by atoms with van der Waals surface area (Å²) in [5, 5.41) is 11.7. The molecule has 0 aromatic heterocycles. The van der Waals surface area contributed by atoms with Crippen LogP contribution >= 0.6 is 0 Å². The van der Waals surface area contributed by atoms with Gasteiger partial charge in [-0.15, -0.1) is 0 Å². The largest absolute Gasteiger partial charge is 0.481 e. The van der Waals surface area contributed by atoms with Gasteiger partial charge in [-0.05, 0) is 20.4 Å². The molecule has 1 fully saturated rings. The molecule has 1 aliphatic rings. The highest BCUT2D eigenvalue weighted by Gasteiger charge is 2.38. The third-order valence-corrected chi connectivity index (χ3v) is 2.34. The molecule has 0 aromatic rings. The van der Waals surface area contributed by atoms with Crippen LogP contribution in [-0.4, -0.2) is 36.4 Å². The van der Waals surface area contributed by atoms with Crippen molar-refractivity contribution in [2.24, 2.45) is 0 Å². The Morgan fingerprint density at radius 3 is 2.83 bits per heavy atom. The van der Waals surface area contributed by atoms with E-state index in [0.717, 1.165) is 6.42 Å². The van der Waals surface area contributed by atoms with Crippen molar-refractivity contribution < 1.29 is 14.6 Å². The number of aliphatic carboxylic acids is 1. The molecule has 12 heavy (non-hydrogen) atoms. The van der Waals surface area contributed by atoms with E-state index in [-0.39, 0.29) is 18.1 Å². The molecule has 0 saturated carbocycles. The standard InChI is InChI=1S/C8H15NO3/c1-6-3-8(9-2,5-12-6)4-7(10)11/h6,9H,3-5H2,1-2H3,(H,10,11). The van der Waals surface area contributed by atoms with E-state index >= 15 is 0 Å². The van der Waals surface area contributed by atoms with Gasteiger partial charge in [0.25, 0.3) is 0 Å². The Labute approximate surface area is 71.9 Å². The summed E-state index contributed by atoms with van der Waals surface area (Å²) in [6.07, 6.45) is 1.07. The fraction of sp³-hybridized carbons (Fsp3) is 0.875. The molecule has 4 heteroatoms. The summed E-state index contributed by atoms with van der Waals surface area (Å²) in [4.78, 5) is 10.5. The molecule has 1 heterocycles. The van der Waals surface area contributed by atoms with E-state index in [2.05, 4.69) is 5.32 Å². The van der Waals surface area contributed by atoms with Crippen molar-refractivity contribution in [3.63, 3.8) is 0 Å². The van der Waals surface area contributed by atoms with Crippen LogP contribution in [0.2, 0.25) is 0 Å². The molecule has 1 aliphatic heterocycles. The molecule has 1 saturated heterocycles. The maximum absolute atomic E-state index is 10.5. The van der Waals surface area contributed by atoms with Gasteiger partial charge in [-0.3, -0.25) is 4.79 Å². The molecule has 0 bridgehead atoms. The number of carboxylic acids is 1. The highest BCUT2D eigenvalue weighted by atomic mass is 16.5. The normalized spacial score (nSPS) is 35.3. The first-order chi connectivity index (χ1) is 5.58. The molecule has 0 aliphatic carbocycles. The first kappa shape index (κ1) is 9.48. The van der Waals surface area contributed by atoms with Crippen LogP contribution in [0.15, 0.2) is 0 Å². The minimum Gasteiger partial charge on any atom is -0.481 e. The molecule has 70 valence electrons. The van der Waals surface area contributed by atoms with E-state index in [1.54, 1.807) is 7.05 Å². The van der Waals surface area contributed by atoms with E-state index in [9.17, 15) is 4.79 Å². The van der Waals surface area contributed by atoms with Crippen LogP contribution < -0.4 is 5.32 Å². The van der Waals surface area contributed by atoms with E-state index in [4.69, 9.17) is 9.84 Å². The molecular weight excluding hydrogens is 158 g/mol. The Kier molecular flexibility index (Phi) is 2.69. The molecule has 2 unspecified atom stereocenters. The minimum atomic E-state index is -0.776. The fourth-order valence-electron chi connectivity index (χ4n) is 1.65. The Morgan fingerprint density at radius 1 is 1.83 bits per heavy atom. The van der Waals surface area contributed by atoms with Crippen LogP contribution in [0.3, 0.4) is 0 Å². The Bertz CT molecular complexity index is 183. The van der Waals surface area contributed by atoms with Crippen molar-refractivity contribution >= 4 is 5.97 Å². The second-order valence-corrected chi connectivity index (χ2v) is 3.43. The van der Waals surface area contributed by atoms with Gasteiger partial charge >= 0.3 is 5.97 Å². The molecule has 0 radical (unpaired) electrons. The summed E-state index contributed by atoms with van der Waals surface area (Å²) in [6.45, 7) is 2.46. The molecule has 0 spiro atoms. The van der Waals surface area contributed by atoms with Gasteiger partial charge in [-0.2, -0.15) is 0 Å². The zero-order valence-electron chi connectivity index (χ0n) is 7.46. The highest BCUT2D eigenvalue weighted by Crippen LogP contribution is 2.26. The average Bonchev–Trinajstić information content (AvgIpc) is 2.32. The molecule has 0 amide bonds. The second-order valence-electron chi connectivity index (χ2n) is 3.43. The summed E-state index contributed by atoms with van der Waals surface area (Å²) >= 11 is 0. The van der Waals surface area contributed by atoms with Crippen LogP contribution in [0.4, 0.5) is 0 Å². The van der Waals surface area contributed by atoms with Crippen LogP contribution in [0.25, 0.3) is 0 Å². The smallest absolute Gasteiger partial charge is 0.305 e. The number of carbonyl (C=O) groups is 1. The second kappa shape index (κ2) is 3.41. The number of likely N-dealkylation sites (N-methyl/N-ethyl adjacent to an activating group) is 1. The zero-order chi connectivity index (χ0) is 9.19. The molecule has 2 N–H and O–H groups in total. The first-order valence-corrected chi connectivity index (χ1v) is 4.10. The molecule has 4 nitrogen and oxygen atoms in total. The highest BCUT2D eigenvalue weighted by molar-refractivity contribution is 5.68. The molecular formula is C8H15NO3. The van der Waals surface area contributed by atoms with Crippen LogP contribution in [0, 0.1) is 0 Å². The molecule has 2 atom stereocenters. The summed E-state index contributed by atoms with van der Waals surface area (Å²) in [5.41, 5.74) is -0.342. The lowest BCUT2D eigenvalue weighted by atomic mass is 9.92. The van der Waals surface area contributed by atoms with E-state index in [1.807, 2.05) is 6.92 Å². The number of ether oxygens (including phenoxy) is 1. The third-order valence-electron chi connectivity index (χ3n) is 2.34. The van der Waals surface area contributed by atoms with Gasteiger partial charge in [0.1, 0.15) is 0 Å². The lowest BCUT2D eigenvalue weighted by Gasteiger charge is -2.24. The van der Waals surface area contributed by atoms with Gasteiger partial charge in [-0.25, -0.2) is 0 Å². The van der Waals surface area contributed by atoms with Crippen molar-refractivity contribution in [2.75, 3.05) is 13.7 Å². The lowest BCUT2D eigenvalue weighted by Crippen LogP contribution is -2.45. The van der Waals surface area contributed by atoms with Gasteiger partial charge in [0, 0.05) is 0 Å². The van der Waals surface area contributed by atoms with Crippen LogP contribution in [0.1, 0.15) is 19.8 Å². The first-order valence-electron chi connectivity index (χ1n) is 4.10. The summed E-state index contributed by atoms with van der Waals surface area (Å²) < 4.78 is 5.33. The maximum Gasteiger partial charge on any atom is 0.305 e. The number of nitrogens with one attached hydrogen (secondary N) is 1. The zero-order valence-corrected chi connectivity index (χ0v) is 7.46. The van der Waals surface area contributed by atoms with Crippen molar-refractivity contribution in [3.05, 3.63) is 0 Å². The maximum atomic E-state index is 10.5. The predicted molar refractivity (Wildman–Crippen MR) is 44.1 cm³/mol. The Hall–Kier alpha value is -0.610. The third kappa shape index (κ3) is 1.95. The minimum absolute atomic E-state index is 0.133. The van der Waals surface area contributed by atoms with Gasteiger partial charge in [0.2, 0.25) is 0 Å². The average molecular weight is 173 g/mol. The topological polar surface area (TPSA) is 58.6 Å². The van der Waals surface area contributed by atoms with Crippen molar-refractivity contribution in [1.82, 2.24) is 5.32 Å². The van der Waals surface area contributed by atoms with E-state index in [0.29, 0.717) is 6.61 Å². The summed E-state index contributed by atoms with van der Waals surface area (Å²) in [7, 11) is 1.78. The van der Waals surface area contributed by atoms with E-state index in [1.165, 1.54) is 0 Å². The number of carboxylic acid groups (broad SMARTS) is 1. The Balaban J connectivity index is 2.58. The summed E-state index contributed by atoms with van der Waals surface area (Å²) in [6, 6.07) is 0. The summed E-state index contributed by atoms with van der Waals surface area (Å²) in [5.74, 6) is -0.776. The lowest BCUT2D eigenvalue weighted by molar-refractivity contribution is -0.138. The van der Waals surface area contributed by atoms with Gasteiger partial charge in [0.15, 0.2) is 0 Å². The van der Waals surface area contributed by atoms with E-state index < -0.39 is 5.97 Å². The molecule has 0 aromatic carbocycles. The van der Waals surface area contributed by atoms with Crippen LogP contribution in [0.5, 0.6) is 0 Å². The van der Waals surface area contributed by atoms with Crippen LogP contribution in [-0.2, 0) is 9.53 Å². The predicted octanol–water partition coefficient (Wildman–Crippen LogP) is 0.228. The fourth-order valence-corrected chi connectivity index (χ4v) is 1.65.